The van der Waals surface area contributed by atoms with Crippen LogP contribution in [-0.4, -0.2) is 50.0 Å². The second kappa shape index (κ2) is 14.6. The van der Waals surface area contributed by atoms with Gasteiger partial charge in [0.25, 0.3) is 5.59 Å². The molecule has 1 aromatic rings. The average Bonchev–Trinajstić information content (AvgIpc) is 3.24. The number of hydrogen-bond donors (Lipinski definition) is 0. The lowest BCUT2D eigenvalue weighted by Gasteiger charge is -2.50. The second-order valence-electron chi connectivity index (χ2n) is 14.1. The minimum atomic E-state index is -4.18. The molecule has 0 aromatic heterocycles. The van der Waals surface area contributed by atoms with Gasteiger partial charge < -0.3 is 32.3 Å². The lowest BCUT2D eigenvalue weighted by atomic mass is 9.55. The fourth-order valence-corrected chi connectivity index (χ4v) is 13.3. The Morgan fingerprint density at radius 3 is 1.91 bits per heavy atom. The predicted octanol–water partition coefficient (Wildman–Crippen LogP) is 9.28. The molecule has 0 radical (unpaired) electrons. The van der Waals surface area contributed by atoms with Gasteiger partial charge in [-0.2, -0.15) is 0 Å². The van der Waals surface area contributed by atoms with Gasteiger partial charge in [-0.3, -0.25) is 9.13 Å². The molecule has 1 unspecified atom stereocenters. The highest BCUT2D eigenvalue weighted by atomic mass is 31.2. The zero-order valence-electron chi connectivity index (χ0n) is 28.4. The lowest BCUT2D eigenvalue weighted by Crippen LogP contribution is -2.44. The van der Waals surface area contributed by atoms with Gasteiger partial charge in [-0.25, -0.2) is 0 Å². The number of benzene rings is 1. The third kappa shape index (κ3) is 7.85. The predicted molar refractivity (Wildman–Crippen MR) is 172 cm³/mol. The van der Waals surface area contributed by atoms with Crippen LogP contribution in [0.4, 0.5) is 0 Å². The number of aryl methyl sites for hydroxylation is 1. The van der Waals surface area contributed by atoms with Crippen LogP contribution in [0.5, 0.6) is 5.75 Å². The van der Waals surface area contributed by atoms with E-state index in [4.69, 9.17) is 32.3 Å². The van der Waals surface area contributed by atoms with E-state index in [0.29, 0.717) is 30.3 Å². The van der Waals surface area contributed by atoms with Crippen LogP contribution in [0, 0.1) is 17.3 Å². The van der Waals surface area contributed by atoms with Crippen molar-refractivity contribution < 1.29 is 41.4 Å². The molecular formula is C33H56O9P2. The maximum Gasteiger partial charge on any atom is 0.383 e. The molecule has 3 aliphatic carbocycles. The van der Waals surface area contributed by atoms with Crippen molar-refractivity contribution in [2.45, 2.75) is 143 Å². The van der Waals surface area contributed by atoms with Gasteiger partial charge in [-0.1, -0.05) is 13.0 Å². The number of methoxy groups -OCH3 is 1. The van der Waals surface area contributed by atoms with E-state index in [1.165, 1.54) is 17.5 Å². The van der Waals surface area contributed by atoms with Crippen molar-refractivity contribution in [2.75, 3.05) is 13.9 Å². The molecule has 0 bridgehead atoms. The van der Waals surface area contributed by atoms with Crippen molar-refractivity contribution in [3.05, 3.63) is 29.3 Å². The van der Waals surface area contributed by atoms with Crippen molar-refractivity contribution in [1.29, 1.82) is 0 Å². The Balaban J connectivity index is 1.66. The molecule has 9 nitrogen and oxygen atoms in total. The molecule has 44 heavy (non-hydrogen) atoms. The smallest absolute Gasteiger partial charge is 0.383 e. The SMILES string of the molecule is COCOC1CC[C@H]2[C@@H]3CCc4cc(OC(P(=O)(OC(C)C)OC(C)C)P(=O)(OC(C)C)OC(C)C)ccc4[C@H]3CC[C@]12C. The summed E-state index contributed by atoms with van der Waals surface area (Å²) in [5, 5.41) is 0. The zero-order chi connectivity index (χ0) is 32.4. The standard InChI is InChI=1S/C33H56O9P2/c1-21(2)39-43(34,40-22(3)4)32(44(35,41-23(5)6)42-24(7)8)38-26-12-14-27-25(19-26)11-13-29-28(27)17-18-33(9)30(29)15-16-31(33)37-20-36-10/h12,14,19,21-24,28-32H,11,13,15-18,20H2,1-10H3/t28-,29-,30+,31?,33+/m1/s1. The summed E-state index contributed by atoms with van der Waals surface area (Å²) in [4.78, 5) is 0. The third-order valence-corrected chi connectivity index (χ3v) is 15.1. The van der Waals surface area contributed by atoms with Crippen molar-refractivity contribution >= 4 is 15.2 Å². The van der Waals surface area contributed by atoms with Crippen molar-refractivity contribution in [3.8, 4) is 5.75 Å². The summed E-state index contributed by atoms with van der Waals surface area (Å²) in [5.41, 5.74) is 1.14. The normalized spacial score (nSPS) is 27.3. The van der Waals surface area contributed by atoms with E-state index < -0.39 is 45.2 Å². The number of hydrogen-bond acceptors (Lipinski definition) is 9. The topological polar surface area (TPSA) is 98.8 Å². The first-order valence-corrected chi connectivity index (χ1v) is 19.7. The van der Waals surface area contributed by atoms with E-state index in [9.17, 15) is 9.13 Å². The van der Waals surface area contributed by atoms with Gasteiger partial charge in [0.1, 0.15) is 12.5 Å². The van der Waals surface area contributed by atoms with Gasteiger partial charge in [0, 0.05) is 7.11 Å². The summed E-state index contributed by atoms with van der Waals surface area (Å²) < 4.78 is 70.6. The second-order valence-corrected chi connectivity index (χ2v) is 18.4. The van der Waals surface area contributed by atoms with E-state index >= 15 is 0 Å². The molecule has 2 fully saturated rings. The molecule has 0 N–H and O–H groups in total. The van der Waals surface area contributed by atoms with Crippen LogP contribution >= 0.6 is 15.2 Å². The maximum absolute atomic E-state index is 14.5. The van der Waals surface area contributed by atoms with Gasteiger partial charge >= 0.3 is 15.2 Å². The van der Waals surface area contributed by atoms with Crippen LogP contribution < -0.4 is 4.74 Å². The van der Waals surface area contributed by atoms with Crippen LogP contribution in [0.25, 0.3) is 0 Å². The van der Waals surface area contributed by atoms with E-state index in [-0.39, 0.29) is 11.5 Å². The molecule has 0 heterocycles. The van der Waals surface area contributed by atoms with Crippen LogP contribution in [-0.2, 0) is 43.1 Å². The summed E-state index contributed by atoms with van der Waals surface area (Å²) in [6.07, 6.45) is 4.84. The zero-order valence-corrected chi connectivity index (χ0v) is 30.2. The first-order chi connectivity index (χ1) is 20.6. The van der Waals surface area contributed by atoms with Crippen LogP contribution in [0.1, 0.15) is 111 Å². The molecular weight excluding hydrogens is 602 g/mol. The minimum Gasteiger partial charge on any atom is -0.465 e. The van der Waals surface area contributed by atoms with E-state index in [2.05, 4.69) is 13.0 Å². The fraction of sp³-hybridized carbons (Fsp3) is 0.818. The molecule has 0 amide bonds. The van der Waals surface area contributed by atoms with Gasteiger partial charge in [-0.15, -0.1) is 0 Å². The number of rotatable bonds is 15. The van der Waals surface area contributed by atoms with E-state index in [1.54, 1.807) is 62.5 Å². The number of fused-ring (bicyclic) bond motifs is 5. The monoisotopic (exact) mass is 658 g/mol. The summed E-state index contributed by atoms with van der Waals surface area (Å²) in [7, 11) is -6.68. The summed E-state index contributed by atoms with van der Waals surface area (Å²) in [6, 6.07) is 6.05. The molecule has 0 spiro atoms. The van der Waals surface area contributed by atoms with Crippen molar-refractivity contribution in [3.63, 3.8) is 0 Å². The highest BCUT2D eigenvalue weighted by Gasteiger charge is 2.57. The van der Waals surface area contributed by atoms with Crippen LogP contribution in [0.2, 0.25) is 0 Å². The molecule has 0 saturated heterocycles. The molecule has 1 aromatic carbocycles. The number of ether oxygens (including phenoxy) is 3. The van der Waals surface area contributed by atoms with Gasteiger partial charge in [-0.05, 0) is 140 Å². The molecule has 252 valence electrons. The minimum absolute atomic E-state index is 0.176. The Bertz CT molecular complexity index is 1140. The van der Waals surface area contributed by atoms with Crippen LogP contribution in [0.15, 0.2) is 18.2 Å². The van der Waals surface area contributed by atoms with Gasteiger partial charge in [0.2, 0.25) is 0 Å². The molecule has 3 aliphatic rings. The van der Waals surface area contributed by atoms with E-state index in [1.807, 2.05) is 12.1 Å². The Labute approximate surface area is 265 Å². The fourth-order valence-electron chi connectivity index (χ4n) is 7.87. The molecule has 11 heteroatoms. The van der Waals surface area contributed by atoms with E-state index in [0.717, 1.165) is 32.1 Å². The molecule has 4 rings (SSSR count). The Hall–Kier alpha value is -0.760. The summed E-state index contributed by atoms with van der Waals surface area (Å²) >= 11 is 0. The van der Waals surface area contributed by atoms with Gasteiger partial charge in [0.15, 0.2) is 0 Å². The molecule has 0 aliphatic heterocycles. The van der Waals surface area contributed by atoms with Gasteiger partial charge in [0.05, 0.1) is 30.5 Å². The van der Waals surface area contributed by atoms with Crippen LogP contribution in [0.3, 0.4) is 0 Å². The highest BCUT2D eigenvalue weighted by molar-refractivity contribution is 7.72. The maximum atomic E-state index is 14.5. The first-order valence-electron chi connectivity index (χ1n) is 16.4. The Morgan fingerprint density at radius 2 is 1.39 bits per heavy atom. The average molecular weight is 659 g/mol. The molecule has 2 saturated carbocycles. The summed E-state index contributed by atoms with van der Waals surface area (Å²) in [5.74, 6) is 2.15. The third-order valence-electron chi connectivity index (χ3n) is 9.21. The summed E-state index contributed by atoms with van der Waals surface area (Å²) in [6.45, 7) is 16.8. The Morgan fingerprint density at radius 1 is 0.818 bits per heavy atom. The molecule has 5 atom stereocenters. The van der Waals surface area contributed by atoms with Crippen molar-refractivity contribution in [1.82, 2.24) is 0 Å². The quantitative estimate of drug-likeness (QED) is 0.135. The van der Waals surface area contributed by atoms with Crippen molar-refractivity contribution in [2.24, 2.45) is 17.3 Å². The highest BCUT2D eigenvalue weighted by Crippen LogP contribution is 2.72. The lowest BCUT2D eigenvalue weighted by molar-refractivity contribution is -0.125. The largest absolute Gasteiger partial charge is 0.465 e. The Kier molecular flexibility index (Phi) is 11.9. The first kappa shape index (κ1) is 36.1.